The van der Waals surface area contributed by atoms with Crippen LogP contribution < -0.4 is 9.46 Å². The highest BCUT2D eigenvalue weighted by atomic mass is 32.2. The van der Waals surface area contributed by atoms with Gasteiger partial charge in [-0.25, -0.2) is 18.2 Å². The van der Waals surface area contributed by atoms with Crippen LogP contribution in [0, 0.1) is 6.92 Å². The van der Waals surface area contributed by atoms with E-state index in [1.807, 2.05) is 12.3 Å². The van der Waals surface area contributed by atoms with Crippen LogP contribution in [0.3, 0.4) is 0 Å². The second kappa shape index (κ2) is 8.62. The van der Waals surface area contributed by atoms with Crippen LogP contribution >= 0.6 is 11.3 Å². The standard InChI is InChI=1S/C20H20N2O5S2/c1-4-27-18-10-7-15(17-12-28-13(2)21-17)11-19(18)29(24,25)22-16-8-5-14(6-9-16)20(23)26-3/h5-12,22H,4H2,1-3H3. The van der Waals surface area contributed by atoms with Gasteiger partial charge in [-0.05, 0) is 56.3 Å². The molecule has 7 nitrogen and oxygen atoms in total. The lowest BCUT2D eigenvalue weighted by atomic mass is 10.2. The number of nitrogens with one attached hydrogen (secondary N) is 1. The molecule has 29 heavy (non-hydrogen) atoms. The fourth-order valence-corrected chi connectivity index (χ4v) is 4.50. The van der Waals surface area contributed by atoms with E-state index in [-0.39, 0.29) is 10.6 Å². The molecule has 0 unspecified atom stereocenters. The van der Waals surface area contributed by atoms with Crippen molar-refractivity contribution in [2.75, 3.05) is 18.4 Å². The van der Waals surface area contributed by atoms with Gasteiger partial charge in [-0.15, -0.1) is 11.3 Å². The molecule has 0 saturated heterocycles. The lowest BCUT2D eigenvalue weighted by Gasteiger charge is -2.14. The lowest BCUT2D eigenvalue weighted by molar-refractivity contribution is 0.0600. The molecule has 0 spiro atoms. The largest absolute Gasteiger partial charge is 0.492 e. The Kier molecular flexibility index (Phi) is 6.19. The van der Waals surface area contributed by atoms with Crippen molar-refractivity contribution < 1.29 is 22.7 Å². The van der Waals surface area contributed by atoms with Crippen LogP contribution in [0.1, 0.15) is 22.3 Å². The fourth-order valence-electron chi connectivity index (χ4n) is 2.65. The first-order valence-electron chi connectivity index (χ1n) is 8.74. The Hall–Kier alpha value is -2.91. The van der Waals surface area contributed by atoms with E-state index in [0.29, 0.717) is 29.1 Å². The van der Waals surface area contributed by atoms with Crippen molar-refractivity contribution in [3.63, 3.8) is 0 Å². The van der Waals surface area contributed by atoms with Crippen LogP contribution in [0.2, 0.25) is 0 Å². The van der Waals surface area contributed by atoms with Crippen LogP contribution in [0.25, 0.3) is 11.3 Å². The van der Waals surface area contributed by atoms with Gasteiger partial charge < -0.3 is 9.47 Å². The molecule has 0 radical (unpaired) electrons. The summed E-state index contributed by atoms with van der Waals surface area (Å²) in [5, 5.41) is 2.77. The number of anilines is 1. The minimum absolute atomic E-state index is 0.0135. The van der Waals surface area contributed by atoms with Crippen molar-refractivity contribution in [1.82, 2.24) is 4.98 Å². The number of carbonyl (C=O) groups is 1. The Morgan fingerprint density at radius 3 is 2.48 bits per heavy atom. The quantitative estimate of drug-likeness (QED) is 0.565. The molecule has 0 aliphatic rings. The number of hydrogen-bond donors (Lipinski definition) is 1. The molecule has 0 amide bonds. The van der Waals surface area contributed by atoms with Crippen molar-refractivity contribution >= 4 is 33.0 Å². The second-order valence-electron chi connectivity index (χ2n) is 6.02. The summed E-state index contributed by atoms with van der Waals surface area (Å²) in [6.07, 6.45) is 0. The molecule has 0 fully saturated rings. The Labute approximate surface area is 173 Å². The third-order valence-corrected chi connectivity index (χ3v) is 6.18. The van der Waals surface area contributed by atoms with E-state index >= 15 is 0 Å². The number of rotatable bonds is 7. The van der Waals surface area contributed by atoms with Gasteiger partial charge >= 0.3 is 5.97 Å². The predicted octanol–water partition coefficient (Wildman–Crippen LogP) is 4.10. The van der Waals surface area contributed by atoms with E-state index in [1.54, 1.807) is 25.1 Å². The van der Waals surface area contributed by atoms with Gasteiger partial charge in [-0.2, -0.15) is 0 Å². The molecule has 0 aliphatic carbocycles. The van der Waals surface area contributed by atoms with Crippen molar-refractivity contribution in [3.05, 3.63) is 58.4 Å². The zero-order valence-corrected chi connectivity index (χ0v) is 17.8. The highest BCUT2D eigenvalue weighted by molar-refractivity contribution is 7.92. The van der Waals surface area contributed by atoms with Gasteiger partial charge in [0.1, 0.15) is 10.6 Å². The number of esters is 1. The Morgan fingerprint density at radius 2 is 1.90 bits per heavy atom. The van der Waals surface area contributed by atoms with E-state index in [9.17, 15) is 13.2 Å². The number of methoxy groups -OCH3 is 1. The summed E-state index contributed by atoms with van der Waals surface area (Å²) < 4.78 is 38.8. The maximum Gasteiger partial charge on any atom is 0.337 e. The molecule has 3 rings (SSSR count). The molecule has 0 atom stereocenters. The van der Waals surface area contributed by atoms with Crippen LogP contribution in [0.5, 0.6) is 5.75 Å². The number of thiazole rings is 1. The Bertz CT molecular complexity index is 1120. The molecule has 2 aromatic carbocycles. The normalized spacial score (nSPS) is 11.1. The molecule has 0 aliphatic heterocycles. The van der Waals surface area contributed by atoms with Crippen LogP contribution in [0.15, 0.2) is 52.7 Å². The van der Waals surface area contributed by atoms with Gasteiger partial charge in [0.15, 0.2) is 0 Å². The number of hydrogen-bond acceptors (Lipinski definition) is 7. The highest BCUT2D eigenvalue weighted by Gasteiger charge is 2.22. The van der Waals surface area contributed by atoms with Crippen LogP contribution in [-0.2, 0) is 14.8 Å². The maximum atomic E-state index is 13.1. The first-order valence-corrected chi connectivity index (χ1v) is 11.1. The Morgan fingerprint density at radius 1 is 1.17 bits per heavy atom. The molecule has 0 bridgehead atoms. The average molecular weight is 433 g/mol. The summed E-state index contributed by atoms with van der Waals surface area (Å²) >= 11 is 1.49. The van der Waals surface area contributed by atoms with Gasteiger partial charge in [0.25, 0.3) is 10.0 Å². The number of aromatic nitrogens is 1. The lowest BCUT2D eigenvalue weighted by Crippen LogP contribution is -2.15. The van der Waals surface area contributed by atoms with Gasteiger partial charge in [-0.3, -0.25) is 4.72 Å². The van der Waals surface area contributed by atoms with Crippen molar-refractivity contribution in [3.8, 4) is 17.0 Å². The molecule has 1 heterocycles. The third-order valence-electron chi connectivity index (χ3n) is 4.01. The number of aryl methyl sites for hydroxylation is 1. The van der Waals surface area contributed by atoms with E-state index < -0.39 is 16.0 Å². The van der Waals surface area contributed by atoms with Crippen LogP contribution in [0.4, 0.5) is 5.69 Å². The van der Waals surface area contributed by atoms with Crippen molar-refractivity contribution in [1.29, 1.82) is 0 Å². The zero-order valence-electron chi connectivity index (χ0n) is 16.1. The van der Waals surface area contributed by atoms with Crippen LogP contribution in [-0.4, -0.2) is 33.1 Å². The summed E-state index contributed by atoms with van der Waals surface area (Å²) in [5.74, 6) is -0.244. The fraction of sp³-hybridized carbons (Fsp3) is 0.200. The first kappa shape index (κ1) is 20.8. The van der Waals surface area contributed by atoms with E-state index in [1.165, 1.54) is 42.7 Å². The molecule has 3 aromatic rings. The molecule has 9 heteroatoms. The number of benzene rings is 2. The van der Waals surface area contributed by atoms with E-state index in [4.69, 9.17) is 4.74 Å². The van der Waals surface area contributed by atoms with Gasteiger partial charge in [-0.1, -0.05) is 0 Å². The molecule has 1 N–H and O–H groups in total. The molecule has 1 aromatic heterocycles. The summed E-state index contributed by atoms with van der Waals surface area (Å²) in [6.45, 7) is 4.00. The second-order valence-corrected chi connectivity index (χ2v) is 8.73. The minimum Gasteiger partial charge on any atom is -0.492 e. The van der Waals surface area contributed by atoms with Gasteiger partial charge in [0.2, 0.25) is 0 Å². The summed E-state index contributed by atoms with van der Waals surface area (Å²) in [7, 11) is -2.66. The highest BCUT2D eigenvalue weighted by Crippen LogP contribution is 2.32. The van der Waals surface area contributed by atoms with Crippen molar-refractivity contribution in [2.45, 2.75) is 18.7 Å². The van der Waals surface area contributed by atoms with E-state index in [2.05, 4.69) is 14.4 Å². The van der Waals surface area contributed by atoms with Crippen molar-refractivity contribution in [2.24, 2.45) is 0 Å². The summed E-state index contributed by atoms with van der Waals surface area (Å²) in [6, 6.07) is 10.9. The number of nitrogens with zero attached hydrogens (tertiary/aromatic N) is 1. The smallest absolute Gasteiger partial charge is 0.337 e. The minimum atomic E-state index is -3.94. The van der Waals surface area contributed by atoms with Gasteiger partial charge in [0.05, 0.1) is 30.0 Å². The molecular formula is C20H20N2O5S2. The topological polar surface area (TPSA) is 94.6 Å². The zero-order chi connectivity index (χ0) is 21.0. The predicted molar refractivity (Wildman–Crippen MR) is 112 cm³/mol. The average Bonchev–Trinajstić information content (AvgIpc) is 3.14. The van der Waals surface area contributed by atoms with E-state index in [0.717, 1.165) is 5.01 Å². The molecular weight excluding hydrogens is 412 g/mol. The number of sulfonamides is 1. The van der Waals surface area contributed by atoms with Gasteiger partial charge in [0, 0.05) is 16.6 Å². The SMILES string of the molecule is CCOc1ccc(-c2csc(C)n2)cc1S(=O)(=O)Nc1ccc(C(=O)OC)cc1. The maximum absolute atomic E-state index is 13.1. The Balaban J connectivity index is 1.96. The first-order chi connectivity index (χ1) is 13.8. The number of carbonyl (C=O) groups excluding carboxylic acids is 1. The number of ether oxygens (including phenoxy) is 2. The molecule has 152 valence electrons. The monoisotopic (exact) mass is 432 g/mol. The summed E-state index contributed by atoms with van der Waals surface area (Å²) in [5.41, 5.74) is 2.02. The molecule has 0 saturated carbocycles. The third kappa shape index (κ3) is 4.75. The summed E-state index contributed by atoms with van der Waals surface area (Å²) in [4.78, 5) is 16.0.